The van der Waals surface area contributed by atoms with Crippen LogP contribution in [-0.2, 0) is 0 Å². The fourth-order valence-electron chi connectivity index (χ4n) is 1.83. The third-order valence-electron chi connectivity index (χ3n) is 2.80. The third kappa shape index (κ3) is 2.48. The summed E-state index contributed by atoms with van der Waals surface area (Å²) in [4.78, 5) is 19.8. The number of aromatic nitrogens is 4. The molecule has 0 saturated heterocycles. The first kappa shape index (κ1) is 13.6. The monoisotopic (exact) mass is 322 g/mol. The predicted molar refractivity (Wildman–Crippen MR) is 80.5 cm³/mol. The van der Waals surface area contributed by atoms with Crippen molar-refractivity contribution in [3.05, 3.63) is 40.5 Å². The van der Waals surface area contributed by atoms with Crippen LogP contribution in [0.5, 0.6) is 0 Å². The van der Waals surface area contributed by atoms with Gasteiger partial charge in [-0.2, -0.15) is 5.10 Å². The lowest BCUT2D eigenvalue weighted by molar-refractivity contribution is 0.102. The minimum absolute atomic E-state index is 0.0442. The third-order valence-corrected chi connectivity index (χ3v) is 3.37. The van der Waals surface area contributed by atoms with Crippen molar-refractivity contribution in [2.75, 3.05) is 11.1 Å². The molecule has 0 saturated carbocycles. The standard InChI is InChI=1S/C12H8Cl2N6O/c13-10-9(11(14)17-4-16-10)18-12(21)8-6-3-5(15)1-2-7(6)19-20-8/h1-4H,15H2,(H,18,21)(H,19,20). The van der Waals surface area contributed by atoms with Crippen molar-refractivity contribution in [2.45, 2.75) is 0 Å². The molecule has 0 spiro atoms. The number of hydrogen-bond donors (Lipinski definition) is 3. The SMILES string of the molecule is Nc1ccc2[nH]nc(C(=O)Nc3c(Cl)ncnc3Cl)c2c1. The smallest absolute Gasteiger partial charge is 0.276 e. The van der Waals surface area contributed by atoms with Crippen LogP contribution in [0.2, 0.25) is 10.3 Å². The van der Waals surface area contributed by atoms with Crippen molar-refractivity contribution in [1.82, 2.24) is 20.2 Å². The number of nitrogen functional groups attached to an aromatic ring is 1. The minimum atomic E-state index is -0.495. The Morgan fingerprint density at radius 2 is 1.95 bits per heavy atom. The number of amides is 1. The van der Waals surface area contributed by atoms with Crippen LogP contribution >= 0.6 is 23.2 Å². The van der Waals surface area contributed by atoms with E-state index in [1.807, 2.05) is 0 Å². The van der Waals surface area contributed by atoms with E-state index in [2.05, 4.69) is 25.5 Å². The van der Waals surface area contributed by atoms with Gasteiger partial charge in [-0.3, -0.25) is 9.89 Å². The van der Waals surface area contributed by atoms with Crippen molar-refractivity contribution >= 4 is 51.4 Å². The number of carbonyl (C=O) groups excluding carboxylic acids is 1. The number of hydrogen-bond acceptors (Lipinski definition) is 5. The first-order valence-electron chi connectivity index (χ1n) is 5.77. The Kier molecular flexibility index (Phi) is 3.36. The topological polar surface area (TPSA) is 110 Å². The van der Waals surface area contributed by atoms with E-state index in [1.54, 1.807) is 18.2 Å². The average molecular weight is 323 g/mol. The molecule has 0 fully saturated rings. The highest BCUT2D eigenvalue weighted by atomic mass is 35.5. The second-order valence-electron chi connectivity index (χ2n) is 4.16. The molecule has 0 unspecified atom stereocenters. The number of benzene rings is 1. The van der Waals surface area contributed by atoms with Gasteiger partial charge in [0.1, 0.15) is 12.0 Å². The molecule has 1 aromatic carbocycles. The van der Waals surface area contributed by atoms with Crippen LogP contribution in [0.25, 0.3) is 10.9 Å². The number of anilines is 2. The largest absolute Gasteiger partial charge is 0.399 e. The molecule has 3 aromatic rings. The summed E-state index contributed by atoms with van der Waals surface area (Å²) in [6, 6.07) is 5.10. The Hall–Kier alpha value is -2.38. The molecule has 0 bridgehead atoms. The molecule has 1 amide bonds. The van der Waals surface area contributed by atoms with Crippen molar-refractivity contribution in [3.63, 3.8) is 0 Å². The zero-order valence-corrected chi connectivity index (χ0v) is 11.9. The van der Waals surface area contributed by atoms with Crippen LogP contribution in [0.3, 0.4) is 0 Å². The van der Waals surface area contributed by atoms with Gasteiger partial charge < -0.3 is 11.1 Å². The molecule has 3 rings (SSSR count). The molecule has 0 radical (unpaired) electrons. The van der Waals surface area contributed by atoms with E-state index < -0.39 is 5.91 Å². The molecule has 0 aliphatic rings. The number of nitrogens with zero attached hydrogens (tertiary/aromatic N) is 3. The molecular formula is C12H8Cl2N6O. The first-order chi connectivity index (χ1) is 10.1. The number of fused-ring (bicyclic) bond motifs is 1. The summed E-state index contributed by atoms with van der Waals surface area (Å²) in [6.45, 7) is 0. The number of aromatic amines is 1. The maximum Gasteiger partial charge on any atom is 0.276 e. The fourth-order valence-corrected chi connectivity index (χ4v) is 2.23. The Balaban J connectivity index is 2.00. The van der Waals surface area contributed by atoms with Gasteiger partial charge in [0.15, 0.2) is 16.0 Å². The fraction of sp³-hybridized carbons (Fsp3) is 0. The van der Waals surface area contributed by atoms with Gasteiger partial charge in [-0.1, -0.05) is 23.2 Å². The minimum Gasteiger partial charge on any atom is -0.399 e. The molecule has 0 atom stereocenters. The Morgan fingerprint density at radius 1 is 1.24 bits per heavy atom. The molecule has 7 nitrogen and oxygen atoms in total. The normalized spacial score (nSPS) is 10.8. The lowest BCUT2D eigenvalue weighted by Gasteiger charge is -2.06. The summed E-state index contributed by atoms with van der Waals surface area (Å²) in [7, 11) is 0. The first-order valence-corrected chi connectivity index (χ1v) is 6.53. The number of rotatable bonds is 2. The molecule has 2 heterocycles. The Bertz CT molecular complexity index is 827. The average Bonchev–Trinajstić information content (AvgIpc) is 2.86. The van der Waals surface area contributed by atoms with E-state index in [-0.39, 0.29) is 21.7 Å². The second kappa shape index (κ2) is 5.19. The summed E-state index contributed by atoms with van der Waals surface area (Å²) in [5.74, 6) is -0.495. The highest BCUT2D eigenvalue weighted by molar-refractivity contribution is 6.38. The maximum absolute atomic E-state index is 12.3. The Morgan fingerprint density at radius 3 is 2.67 bits per heavy atom. The highest BCUT2D eigenvalue weighted by Crippen LogP contribution is 2.27. The Labute approximate surface area is 128 Å². The van der Waals surface area contributed by atoms with Crippen molar-refractivity contribution in [1.29, 1.82) is 0 Å². The predicted octanol–water partition coefficient (Wildman–Crippen LogP) is 2.49. The molecule has 21 heavy (non-hydrogen) atoms. The molecule has 2 aromatic heterocycles. The van der Waals surface area contributed by atoms with Gasteiger partial charge >= 0.3 is 0 Å². The number of nitrogens with two attached hydrogens (primary N) is 1. The van der Waals surface area contributed by atoms with E-state index in [1.165, 1.54) is 6.33 Å². The number of H-pyrrole nitrogens is 1. The van der Waals surface area contributed by atoms with E-state index in [4.69, 9.17) is 28.9 Å². The summed E-state index contributed by atoms with van der Waals surface area (Å²) < 4.78 is 0. The summed E-state index contributed by atoms with van der Waals surface area (Å²) in [6.07, 6.45) is 1.20. The van der Waals surface area contributed by atoms with E-state index in [0.29, 0.717) is 16.6 Å². The lowest BCUT2D eigenvalue weighted by atomic mass is 10.2. The second-order valence-corrected chi connectivity index (χ2v) is 4.88. The molecule has 9 heteroatoms. The summed E-state index contributed by atoms with van der Waals surface area (Å²) in [5.41, 5.74) is 7.24. The van der Waals surface area contributed by atoms with E-state index in [9.17, 15) is 4.79 Å². The summed E-state index contributed by atoms with van der Waals surface area (Å²) in [5, 5.41) is 9.94. The van der Waals surface area contributed by atoms with Crippen LogP contribution in [0, 0.1) is 0 Å². The van der Waals surface area contributed by atoms with Crippen molar-refractivity contribution in [3.8, 4) is 0 Å². The number of halogens is 2. The zero-order valence-electron chi connectivity index (χ0n) is 10.4. The van der Waals surface area contributed by atoms with Crippen LogP contribution in [0.4, 0.5) is 11.4 Å². The molecule has 0 aliphatic heterocycles. The van der Waals surface area contributed by atoms with Crippen LogP contribution in [0.15, 0.2) is 24.5 Å². The van der Waals surface area contributed by atoms with Gasteiger partial charge in [0.25, 0.3) is 5.91 Å². The van der Waals surface area contributed by atoms with Crippen LogP contribution in [-0.4, -0.2) is 26.1 Å². The number of nitrogens with one attached hydrogen (secondary N) is 2. The van der Waals surface area contributed by atoms with E-state index >= 15 is 0 Å². The van der Waals surface area contributed by atoms with Gasteiger partial charge in [-0.05, 0) is 18.2 Å². The maximum atomic E-state index is 12.3. The number of carbonyl (C=O) groups is 1. The van der Waals surface area contributed by atoms with Crippen molar-refractivity contribution in [2.24, 2.45) is 0 Å². The molecule has 0 aliphatic carbocycles. The van der Waals surface area contributed by atoms with E-state index in [0.717, 1.165) is 0 Å². The van der Waals surface area contributed by atoms with Crippen LogP contribution in [0.1, 0.15) is 10.5 Å². The lowest BCUT2D eigenvalue weighted by Crippen LogP contribution is -2.14. The van der Waals surface area contributed by atoms with Gasteiger partial charge in [-0.25, -0.2) is 9.97 Å². The van der Waals surface area contributed by atoms with Gasteiger partial charge in [0.05, 0.1) is 5.52 Å². The van der Waals surface area contributed by atoms with Gasteiger partial charge in [0, 0.05) is 11.1 Å². The summed E-state index contributed by atoms with van der Waals surface area (Å²) >= 11 is 11.8. The van der Waals surface area contributed by atoms with Gasteiger partial charge in [0.2, 0.25) is 0 Å². The van der Waals surface area contributed by atoms with Gasteiger partial charge in [-0.15, -0.1) is 0 Å². The molecule has 4 N–H and O–H groups in total. The van der Waals surface area contributed by atoms with Crippen molar-refractivity contribution < 1.29 is 4.79 Å². The molecular weight excluding hydrogens is 315 g/mol. The zero-order chi connectivity index (χ0) is 15.0. The van der Waals surface area contributed by atoms with Crippen LogP contribution < -0.4 is 11.1 Å². The molecule has 106 valence electrons. The quantitative estimate of drug-likeness (QED) is 0.496. The highest BCUT2D eigenvalue weighted by Gasteiger charge is 2.18.